The zero-order valence-electron chi connectivity index (χ0n) is 38.2. The molecule has 4 aliphatic heterocycles. The second-order valence-corrected chi connectivity index (χ2v) is 18.5. The average Bonchev–Trinajstić information content (AvgIpc) is 4.01. The van der Waals surface area contributed by atoms with Crippen LogP contribution >= 0.6 is 0 Å². The van der Waals surface area contributed by atoms with Crippen molar-refractivity contribution in [3.8, 4) is 11.1 Å². The first-order valence-corrected chi connectivity index (χ1v) is 23.4. The summed E-state index contributed by atoms with van der Waals surface area (Å²) in [5, 5.41) is 15.3. The lowest BCUT2D eigenvalue weighted by atomic mass is 9.92. The zero-order chi connectivity index (χ0) is 46.5. The van der Waals surface area contributed by atoms with E-state index in [0.717, 1.165) is 97.9 Å². The highest BCUT2D eigenvalue weighted by molar-refractivity contribution is 6.00. The summed E-state index contributed by atoms with van der Waals surface area (Å²) in [6.45, 7) is 6.70. The van der Waals surface area contributed by atoms with E-state index < -0.39 is 18.4 Å². The molecule has 4 aliphatic rings. The topological polar surface area (TPSA) is 160 Å². The van der Waals surface area contributed by atoms with Crippen molar-refractivity contribution in [3.05, 3.63) is 105 Å². The molecule has 350 valence electrons. The molecule has 0 radical (unpaired) electrons. The van der Waals surface area contributed by atoms with Crippen molar-refractivity contribution in [2.75, 3.05) is 42.9 Å². The minimum absolute atomic E-state index is 0.0174. The number of alkyl halides is 2. The monoisotopic (exact) mass is 914 g/mol. The van der Waals surface area contributed by atoms with Gasteiger partial charge in [-0.1, -0.05) is 6.07 Å². The number of halogens is 2. The van der Waals surface area contributed by atoms with Crippen LogP contribution in [0.4, 0.5) is 26.0 Å². The number of imidazole rings is 1. The molecule has 0 spiro atoms. The van der Waals surface area contributed by atoms with Gasteiger partial charge in [-0.3, -0.25) is 43.2 Å². The Kier molecular flexibility index (Phi) is 12.0. The Morgan fingerprint density at radius 1 is 0.940 bits per heavy atom. The number of anilines is 3. The van der Waals surface area contributed by atoms with Gasteiger partial charge in [-0.15, -0.1) is 0 Å². The Bertz CT molecular complexity index is 2930. The molecule has 0 saturated carbocycles. The molecule has 2 saturated heterocycles. The van der Waals surface area contributed by atoms with Crippen molar-refractivity contribution >= 4 is 45.9 Å². The van der Waals surface area contributed by atoms with Crippen LogP contribution in [0.25, 0.3) is 22.2 Å². The Hall–Kier alpha value is -6.69. The summed E-state index contributed by atoms with van der Waals surface area (Å²) < 4.78 is 36.3. The van der Waals surface area contributed by atoms with Gasteiger partial charge in [-0.25, -0.2) is 13.6 Å². The third-order valence-electron chi connectivity index (χ3n) is 14.2. The number of aryl methyl sites for hydroxylation is 4. The molecule has 1 atom stereocenters. The Balaban J connectivity index is 0.761. The van der Waals surface area contributed by atoms with Gasteiger partial charge < -0.3 is 20.0 Å². The standard InChI is InChI=1S/C49H56F2N12O4/c1-30(64)60-21-16-40-39(29-60)47(61-18-5-7-32-22-37(33-26-54-57(2)28-33)38(46(50)51)24-43(32)61)56-63(40)36-14-19-59(20-15-36)17-4-6-31-8-9-35(52-25-31)27-53-34-10-11-41-44(23-34)58(3)49(67)62(41)42-12-13-45(65)55-48(42)66/h8-11,22-26,28,36,42,46,53H,4-7,12-21,27,29H2,1-3H3,(H,55,65,66). The number of benzene rings is 2. The summed E-state index contributed by atoms with van der Waals surface area (Å²) in [5.41, 5.74) is 9.03. The van der Waals surface area contributed by atoms with Gasteiger partial charge in [0.2, 0.25) is 17.7 Å². The number of carbonyl (C=O) groups is 3. The average molecular weight is 915 g/mol. The number of nitrogens with zero attached hydrogens (tertiary/aromatic N) is 10. The van der Waals surface area contributed by atoms with Gasteiger partial charge in [-0.2, -0.15) is 10.2 Å². The minimum Gasteiger partial charge on any atom is -0.379 e. The van der Waals surface area contributed by atoms with Gasteiger partial charge in [-0.05, 0) is 105 Å². The fraction of sp³-hybridized carbons (Fsp3) is 0.449. The van der Waals surface area contributed by atoms with Crippen LogP contribution in [-0.2, 0) is 60.8 Å². The normalized spacial score (nSPS) is 18.1. The molecule has 0 aliphatic carbocycles. The van der Waals surface area contributed by atoms with Crippen LogP contribution in [-0.4, -0.2) is 93.9 Å². The molecule has 16 nitrogen and oxygen atoms in total. The van der Waals surface area contributed by atoms with E-state index >= 15 is 0 Å². The number of aromatic nitrogens is 7. The number of imide groups is 1. The zero-order valence-corrected chi connectivity index (χ0v) is 38.2. The summed E-state index contributed by atoms with van der Waals surface area (Å²) in [6.07, 6.45) is 9.32. The predicted octanol–water partition coefficient (Wildman–Crippen LogP) is 6.12. The number of pyridine rings is 1. The Morgan fingerprint density at radius 2 is 1.78 bits per heavy atom. The molecule has 4 aromatic heterocycles. The van der Waals surface area contributed by atoms with Crippen LogP contribution in [0.1, 0.15) is 97.6 Å². The quantitative estimate of drug-likeness (QED) is 0.137. The van der Waals surface area contributed by atoms with E-state index in [9.17, 15) is 28.0 Å². The molecule has 10 rings (SSSR count). The summed E-state index contributed by atoms with van der Waals surface area (Å²) in [7, 11) is 3.47. The number of likely N-dealkylation sites (tertiary alicyclic amines) is 1. The fourth-order valence-electron chi connectivity index (χ4n) is 10.6. The highest BCUT2D eigenvalue weighted by Gasteiger charge is 2.35. The molecule has 2 aromatic carbocycles. The first kappa shape index (κ1) is 44.2. The van der Waals surface area contributed by atoms with Gasteiger partial charge in [0.1, 0.15) is 6.04 Å². The molecule has 2 fully saturated rings. The van der Waals surface area contributed by atoms with E-state index in [-0.39, 0.29) is 42.0 Å². The van der Waals surface area contributed by atoms with Crippen LogP contribution in [0.3, 0.4) is 0 Å². The number of fused-ring (bicyclic) bond motifs is 3. The molecular formula is C49H56F2N12O4. The lowest BCUT2D eigenvalue weighted by Gasteiger charge is -2.34. The fourth-order valence-corrected chi connectivity index (χ4v) is 10.6. The van der Waals surface area contributed by atoms with Crippen LogP contribution in [0.5, 0.6) is 0 Å². The number of hydrogen-bond acceptors (Lipinski definition) is 10. The van der Waals surface area contributed by atoms with Crippen LogP contribution in [0.15, 0.2) is 65.8 Å². The lowest BCUT2D eigenvalue weighted by molar-refractivity contribution is -0.135. The summed E-state index contributed by atoms with van der Waals surface area (Å²) >= 11 is 0. The largest absolute Gasteiger partial charge is 0.379 e. The van der Waals surface area contributed by atoms with Crippen molar-refractivity contribution in [1.29, 1.82) is 0 Å². The highest BCUT2D eigenvalue weighted by atomic mass is 19.3. The number of hydrogen-bond donors (Lipinski definition) is 2. The summed E-state index contributed by atoms with van der Waals surface area (Å²) in [6, 6.07) is 12.8. The number of carbonyl (C=O) groups excluding carboxylic acids is 3. The molecule has 1 unspecified atom stereocenters. The van der Waals surface area contributed by atoms with E-state index in [1.54, 1.807) is 44.2 Å². The molecule has 8 heterocycles. The van der Waals surface area contributed by atoms with Crippen molar-refractivity contribution in [3.63, 3.8) is 0 Å². The number of amides is 3. The molecule has 0 bridgehead atoms. The van der Waals surface area contributed by atoms with Crippen molar-refractivity contribution in [2.24, 2.45) is 14.1 Å². The SMILES string of the molecule is CC(=O)N1CCc2c(c(N3CCCc4cc(-c5cnn(C)c5)c(C(F)F)cc43)nn2C2CCN(CCCc3ccc(CNc4ccc5c(c4)n(C)c(=O)n5C4CCC(=O)NC4=O)nc3)CC2)C1. The van der Waals surface area contributed by atoms with Crippen molar-refractivity contribution in [2.45, 2.75) is 96.3 Å². The molecule has 6 aromatic rings. The maximum absolute atomic E-state index is 14.7. The second kappa shape index (κ2) is 18.2. The number of nitrogens with one attached hydrogen (secondary N) is 2. The predicted molar refractivity (Wildman–Crippen MR) is 249 cm³/mol. The first-order valence-electron chi connectivity index (χ1n) is 23.4. The number of piperidine rings is 2. The first-order chi connectivity index (χ1) is 32.4. The van der Waals surface area contributed by atoms with Crippen molar-refractivity contribution < 1.29 is 23.2 Å². The number of rotatable bonds is 12. The molecular weight excluding hydrogens is 859 g/mol. The van der Waals surface area contributed by atoms with Gasteiger partial charge >= 0.3 is 5.69 Å². The van der Waals surface area contributed by atoms with Crippen LogP contribution < -0.4 is 21.2 Å². The van der Waals surface area contributed by atoms with E-state index in [1.165, 1.54) is 14.7 Å². The second-order valence-electron chi connectivity index (χ2n) is 18.5. The smallest absolute Gasteiger partial charge is 0.329 e. The molecule has 18 heteroatoms. The summed E-state index contributed by atoms with van der Waals surface area (Å²) in [4.78, 5) is 61.3. The third-order valence-corrected chi connectivity index (χ3v) is 14.2. The summed E-state index contributed by atoms with van der Waals surface area (Å²) in [5.74, 6) is 0.0223. The molecule has 2 N–H and O–H groups in total. The third kappa shape index (κ3) is 8.62. The van der Waals surface area contributed by atoms with Gasteiger partial charge in [0.25, 0.3) is 6.43 Å². The van der Waals surface area contributed by atoms with Gasteiger partial charge in [0.15, 0.2) is 5.82 Å². The van der Waals surface area contributed by atoms with Crippen LogP contribution in [0, 0.1) is 0 Å². The minimum atomic E-state index is -2.66. The van der Waals surface area contributed by atoms with Crippen LogP contribution in [0.2, 0.25) is 0 Å². The Labute approximate surface area is 386 Å². The Morgan fingerprint density at radius 3 is 2.51 bits per heavy atom. The van der Waals surface area contributed by atoms with Gasteiger partial charge in [0, 0.05) is 106 Å². The molecule has 67 heavy (non-hydrogen) atoms. The van der Waals surface area contributed by atoms with Crippen molar-refractivity contribution in [1.82, 2.24) is 48.8 Å². The van der Waals surface area contributed by atoms with E-state index in [1.807, 2.05) is 41.4 Å². The van der Waals surface area contributed by atoms with E-state index in [0.29, 0.717) is 54.8 Å². The van der Waals surface area contributed by atoms with E-state index in [4.69, 9.17) is 10.1 Å². The maximum Gasteiger partial charge on any atom is 0.329 e. The van der Waals surface area contributed by atoms with Gasteiger partial charge in [0.05, 0.1) is 42.1 Å². The molecule has 3 amide bonds. The lowest BCUT2D eigenvalue weighted by Crippen LogP contribution is -2.44. The van der Waals surface area contributed by atoms with E-state index in [2.05, 4.69) is 36.3 Å². The maximum atomic E-state index is 14.7. The highest BCUT2D eigenvalue weighted by Crippen LogP contribution is 2.44.